The molecule has 0 atom stereocenters. The molecule has 1 aromatic carbocycles. The van der Waals surface area contributed by atoms with E-state index in [2.05, 4.69) is 45.0 Å². The van der Waals surface area contributed by atoms with Crippen molar-refractivity contribution in [2.75, 3.05) is 0 Å². The third kappa shape index (κ3) is 3.91. The largest absolute Gasteiger partial charge is 0.350 e. The maximum Gasteiger partial charge on any atom is 0.127 e. The van der Waals surface area contributed by atoms with Gasteiger partial charge in [0.15, 0.2) is 0 Å². The Kier molecular flexibility index (Phi) is 5.16. The maximum atomic E-state index is 13.6. The minimum Gasteiger partial charge on any atom is -0.350 e. The van der Waals surface area contributed by atoms with Crippen molar-refractivity contribution in [3.05, 3.63) is 58.1 Å². The van der Waals surface area contributed by atoms with E-state index in [1.807, 2.05) is 12.1 Å². The van der Waals surface area contributed by atoms with Gasteiger partial charge in [-0.25, -0.2) is 4.39 Å². The normalized spacial score (nSPS) is 10.9. The van der Waals surface area contributed by atoms with Gasteiger partial charge in [0.2, 0.25) is 0 Å². The molecule has 102 valence electrons. The number of halogens is 2. The Morgan fingerprint density at radius 1 is 1.26 bits per heavy atom. The van der Waals surface area contributed by atoms with Crippen LogP contribution in [0.4, 0.5) is 4.39 Å². The average Bonchev–Trinajstić information content (AvgIpc) is 2.82. The van der Waals surface area contributed by atoms with Gasteiger partial charge in [-0.15, -0.1) is 0 Å². The van der Waals surface area contributed by atoms with Crippen molar-refractivity contribution in [2.45, 2.75) is 33.0 Å². The first-order valence-corrected chi connectivity index (χ1v) is 7.28. The second-order valence-corrected chi connectivity index (χ2v) is 5.45. The molecule has 2 rings (SSSR count). The van der Waals surface area contributed by atoms with Crippen LogP contribution in [-0.4, -0.2) is 4.57 Å². The third-order valence-corrected chi connectivity index (χ3v) is 3.51. The van der Waals surface area contributed by atoms with Gasteiger partial charge in [0.25, 0.3) is 0 Å². The summed E-state index contributed by atoms with van der Waals surface area (Å²) in [6.07, 6.45) is 3.20. The Hall–Kier alpha value is -1.13. The standard InChI is InChI=1S/C15H18BrFN2/c1-2-7-19-8-3-4-14(19)11-18-10-12-9-13(16)5-6-15(12)17/h3-6,8-9,18H,2,7,10-11H2,1H3. The average molecular weight is 325 g/mol. The zero-order valence-electron chi connectivity index (χ0n) is 11.0. The van der Waals surface area contributed by atoms with E-state index in [4.69, 9.17) is 0 Å². The maximum absolute atomic E-state index is 13.6. The Balaban J connectivity index is 1.92. The smallest absolute Gasteiger partial charge is 0.127 e. The van der Waals surface area contributed by atoms with Gasteiger partial charge >= 0.3 is 0 Å². The minimum absolute atomic E-state index is 0.167. The molecule has 0 amide bonds. The molecule has 4 heteroatoms. The van der Waals surface area contributed by atoms with Gasteiger partial charge in [-0.3, -0.25) is 0 Å². The van der Waals surface area contributed by atoms with Crippen molar-refractivity contribution in [3.63, 3.8) is 0 Å². The first-order chi connectivity index (χ1) is 9.20. The fraction of sp³-hybridized carbons (Fsp3) is 0.333. The first kappa shape index (κ1) is 14.3. The molecule has 0 aliphatic carbocycles. The van der Waals surface area contributed by atoms with Gasteiger partial charge in [-0.05, 0) is 36.8 Å². The van der Waals surface area contributed by atoms with Gasteiger partial charge in [0.05, 0.1) is 0 Å². The first-order valence-electron chi connectivity index (χ1n) is 6.49. The van der Waals surface area contributed by atoms with Crippen molar-refractivity contribution in [2.24, 2.45) is 0 Å². The van der Waals surface area contributed by atoms with E-state index in [-0.39, 0.29) is 5.82 Å². The topological polar surface area (TPSA) is 17.0 Å². The van der Waals surface area contributed by atoms with E-state index >= 15 is 0 Å². The minimum atomic E-state index is -0.167. The van der Waals surface area contributed by atoms with Crippen molar-refractivity contribution in [3.8, 4) is 0 Å². The van der Waals surface area contributed by atoms with Gasteiger partial charge in [0.1, 0.15) is 5.82 Å². The quantitative estimate of drug-likeness (QED) is 0.846. The molecule has 0 saturated heterocycles. The van der Waals surface area contributed by atoms with Crippen molar-refractivity contribution < 1.29 is 4.39 Å². The number of aromatic nitrogens is 1. The van der Waals surface area contributed by atoms with Crippen LogP contribution in [-0.2, 0) is 19.6 Å². The second-order valence-electron chi connectivity index (χ2n) is 4.53. The van der Waals surface area contributed by atoms with E-state index < -0.39 is 0 Å². The highest BCUT2D eigenvalue weighted by Gasteiger charge is 2.04. The van der Waals surface area contributed by atoms with Gasteiger partial charge in [-0.2, -0.15) is 0 Å². The summed E-state index contributed by atoms with van der Waals surface area (Å²) in [6, 6.07) is 9.16. The Bertz CT molecular complexity index is 537. The lowest BCUT2D eigenvalue weighted by Gasteiger charge is -2.10. The molecule has 2 aromatic rings. The molecule has 0 aliphatic heterocycles. The van der Waals surface area contributed by atoms with Crippen LogP contribution in [0.2, 0.25) is 0 Å². The zero-order chi connectivity index (χ0) is 13.7. The van der Waals surface area contributed by atoms with E-state index in [1.165, 1.54) is 11.8 Å². The molecule has 2 nitrogen and oxygen atoms in total. The zero-order valence-corrected chi connectivity index (χ0v) is 12.6. The van der Waals surface area contributed by atoms with Crippen LogP contribution >= 0.6 is 15.9 Å². The molecule has 0 bridgehead atoms. The molecule has 0 spiro atoms. The second kappa shape index (κ2) is 6.87. The summed E-state index contributed by atoms with van der Waals surface area (Å²) in [5.74, 6) is -0.167. The predicted molar refractivity (Wildman–Crippen MR) is 79.4 cm³/mol. The number of benzene rings is 1. The number of nitrogens with one attached hydrogen (secondary N) is 1. The molecular formula is C15H18BrFN2. The summed E-state index contributed by atoms with van der Waals surface area (Å²) in [7, 11) is 0. The van der Waals surface area contributed by atoms with Gasteiger partial charge in [0, 0.05) is 41.6 Å². The van der Waals surface area contributed by atoms with Crippen LogP contribution in [0.25, 0.3) is 0 Å². The number of nitrogens with zero attached hydrogens (tertiary/aromatic N) is 1. The highest BCUT2D eigenvalue weighted by atomic mass is 79.9. The van der Waals surface area contributed by atoms with Crippen LogP contribution in [0.1, 0.15) is 24.6 Å². The molecule has 1 heterocycles. The molecule has 0 aliphatic rings. The Labute approximate surface area is 121 Å². The fourth-order valence-corrected chi connectivity index (χ4v) is 2.48. The molecule has 0 saturated carbocycles. The molecule has 0 radical (unpaired) electrons. The van der Waals surface area contributed by atoms with Crippen LogP contribution in [0.15, 0.2) is 41.0 Å². The monoisotopic (exact) mass is 324 g/mol. The SMILES string of the molecule is CCCn1cccc1CNCc1cc(Br)ccc1F. The summed E-state index contributed by atoms with van der Waals surface area (Å²) in [5.41, 5.74) is 1.92. The van der Waals surface area contributed by atoms with Crippen LogP contribution in [0, 0.1) is 5.82 Å². The Morgan fingerprint density at radius 3 is 2.89 bits per heavy atom. The van der Waals surface area contributed by atoms with Crippen molar-refractivity contribution >= 4 is 15.9 Å². The predicted octanol–water partition coefficient (Wildman–Crippen LogP) is 4.09. The third-order valence-electron chi connectivity index (χ3n) is 3.02. The summed E-state index contributed by atoms with van der Waals surface area (Å²) in [6.45, 7) is 4.46. The van der Waals surface area contributed by atoms with Crippen molar-refractivity contribution in [1.29, 1.82) is 0 Å². The molecule has 1 aromatic heterocycles. The summed E-state index contributed by atoms with van der Waals surface area (Å²) >= 11 is 3.36. The summed E-state index contributed by atoms with van der Waals surface area (Å²) < 4.78 is 16.7. The van der Waals surface area contributed by atoms with E-state index in [9.17, 15) is 4.39 Å². The summed E-state index contributed by atoms with van der Waals surface area (Å²) in [4.78, 5) is 0. The fourth-order valence-electron chi connectivity index (χ4n) is 2.07. The molecule has 0 fully saturated rings. The lowest BCUT2D eigenvalue weighted by Crippen LogP contribution is -2.16. The van der Waals surface area contributed by atoms with Crippen molar-refractivity contribution in [1.82, 2.24) is 9.88 Å². The number of hydrogen-bond acceptors (Lipinski definition) is 1. The number of aryl methyl sites for hydroxylation is 1. The highest BCUT2D eigenvalue weighted by molar-refractivity contribution is 9.10. The van der Waals surface area contributed by atoms with Crippen LogP contribution < -0.4 is 5.32 Å². The number of hydrogen-bond donors (Lipinski definition) is 1. The molecular weight excluding hydrogens is 307 g/mol. The highest BCUT2D eigenvalue weighted by Crippen LogP contribution is 2.15. The van der Waals surface area contributed by atoms with Crippen LogP contribution in [0.5, 0.6) is 0 Å². The Morgan fingerprint density at radius 2 is 2.11 bits per heavy atom. The number of rotatable bonds is 6. The summed E-state index contributed by atoms with van der Waals surface area (Å²) in [5, 5.41) is 3.29. The molecule has 1 N–H and O–H groups in total. The van der Waals surface area contributed by atoms with E-state index in [1.54, 1.807) is 6.07 Å². The van der Waals surface area contributed by atoms with E-state index in [0.717, 1.165) is 24.0 Å². The lowest BCUT2D eigenvalue weighted by atomic mass is 10.2. The lowest BCUT2D eigenvalue weighted by molar-refractivity contribution is 0.570. The molecule has 19 heavy (non-hydrogen) atoms. The van der Waals surface area contributed by atoms with Gasteiger partial charge in [-0.1, -0.05) is 22.9 Å². The van der Waals surface area contributed by atoms with Gasteiger partial charge < -0.3 is 9.88 Å². The molecule has 0 unspecified atom stereocenters. The van der Waals surface area contributed by atoms with Crippen LogP contribution in [0.3, 0.4) is 0 Å². The van der Waals surface area contributed by atoms with E-state index in [0.29, 0.717) is 12.1 Å².